The first-order valence-electron chi connectivity index (χ1n) is 11.6. The number of nitrogens with zero attached hydrogens (tertiary/aromatic N) is 1. The Balaban J connectivity index is 2.14. The van der Waals surface area contributed by atoms with Gasteiger partial charge in [-0.15, -0.1) is 0 Å². The molecule has 35 heavy (non-hydrogen) atoms. The third-order valence-corrected chi connectivity index (χ3v) is 6.09. The summed E-state index contributed by atoms with van der Waals surface area (Å²) in [4.78, 5) is 39.4. The van der Waals surface area contributed by atoms with Crippen LogP contribution in [-0.2, 0) is 25.7 Å². The second-order valence-corrected chi connectivity index (χ2v) is 9.84. The highest BCUT2D eigenvalue weighted by Gasteiger charge is 2.45. The molecule has 2 aromatic carbocycles. The van der Waals surface area contributed by atoms with Crippen molar-refractivity contribution in [2.45, 2.75) is 71.8 Å². The van der Waals surface area contributed by atoms with Crippen LogP contribution >= 0.6 is 0 Å². The third-order valence-electron chi connectivity index (χ3n) is 6.09. The van der Waals surface area contributed by atoms with E-state index in [2.05, 4.69) is 0 Å². The van der Waals surface area contributed by atoms with Gasteiger partial charge in [0.1, 0.15) is 29.9 Å². The molecule has 0 aliphatic carbocycles. The SMILES string of the molecule is COC(=O)C(C)c1cc2c(cc1OCc1ccccc1C)N(C(=O)OC(C)(C)C)C(N)[C@H]2C(C)=O. The summed E-state index contributed by atoms with van der Waals surface area (Å²) in [6.45, 7) is 10.6. The van der Waals surface area contributed by atoms with Crippen LogP contribution in [0.25, 0.3) is 0 Å². The summed E-state index contributed by atoms with van der Waals surface area (Å²) in [5.41, 5.74) is 9.22. The molecular formula is C27H34N2O6. The Hall–Kier alpha value is -3.39. The van der Waals surface area contributed by atoms with E-state index in [-0.39, 0.29) is 12.4 Å². The van der Waals surface area contributed by atoms with Crippen LogP contribution in [0.1, 0.15) is 68.7 Å². The van der Waals surface area contributed by atoms with Crippen molar-refractivity contribution in [3.05, 3.63) is 58.7 Å². The number of hydrogen-bond donors (Lipinski definition) is 1. The van der Waals surface area contributed by atoms with Gasteiger partial charge in [-0.3, -0.25) is 14.5 Å². The largest absolute Gasteiger partial charge is 0.489 e. The zero-order chi connectivity index (χ0) is 26.1. The van der Waals surface area contributed by atoms with Gasteiger partial charge in [-0.1, -0.05) is 24.3 Å². The Kier molecular flexibility index (Phi) is 7.55. The van der Waals surface area contributed by atoms with Crippen molar-refractivity contribution < 1.29 is 28.6 Å². The smallest absolute Gasteiger partial charge is 0.416 e. The normalized spacial score (nSPS) is 18.0. The number of fused-ring (bicyclic) bond motifs is 1. The molecule has 2 N–H and O–H groups in total. The van der Waals surface area contributed by atoms with Gasteiger partial charge in [-0.25, -0.2) is 4.79 Å². The van der Waals surface area contributed by atoms with Gasteiger partial charge < -0.3 is 19.9 Å². The highest BCUT2D eigenvalue weighted by molar-refractivity contribution is 5.99. The van der Waals surface area contributed by atoms with Crippen molar-refractivity contribution in [2.75, 3.05) is 12.0 Å². The van der Waals surface area contributed by atoms with Crippen molar-refractivity contribution in [3.63, 3.8) is 0 Å². The predicted octanol–water partition coefficient (Wildman–Crippen LogP) is 4.56. The molecule has 3 rings (SSSR count). The molecule has 1 amide bonds. The molecule has 1 aliphatic heterocycles. The molecule has 2 aromatic rings. The lowest BCUT2D eigenvalue weighted by Crippen LogP contribution is -2.48. The molecule has 8 heteroatoms. The third kappa shape index (κ3) is 5.48. The van der Waals surface area contributed by atoms with E-state index < -0.39 is 35.7 Å². The van der Waals surface area contributed by atoms with Crippen LogP contribution in [0.3, 0.4) is 0 Å². The number of ether oxygens (including phenoxy) is 3. The quantitative estimate of drug-likeness (QED) is 0.601. The summed E-state index contributed by atoms with van der Waals surface area (Å²) < 4.78 is 16.7. The molecule has 1 aliphatic rings. The summed E-state index contributed by atoms with van der Waals surface area (Å²) in [5, 5.41) is 0. The summed E-state index contributed by atoms with van der Waals surface area (Å²) in [5.74, 6) is -1.69. The monoisotopic (exact) mass is 482 g/mol. The number of benzene rings is 2. The fourth-order valence-electron chi connectivity index (χ4n) is 4.24. The molecule has 0 bridgehead atoms. The van der Waals surface area contributed by atoms with Crippen LogP contribution in [0.4, 0.5) is 10.5 Å². The van der Waals surface area contributed by atoms with Gasteiger partial charge in [0.25, 0.3) is 0 Å². The molecule has 0 fully saturated rings. The second kappa shape index (κ2) is 10.1. The van der Waals surface area contributed by atoms with Gasteiger partial charge in [0.05, 0.1) is 24.6 Å². The van der Waals surface area contributed by atoms with E-state index in [1.165, 1.54) is 18.9 Å². The number of methoxy groups -OCH3 is 1. The van der Waals surface area contributed by atoms with E-state index in [0.29, 0.717) is 22.6 Å². The molecule has 188 valence electrons. The van der Waals surface area contributed by atoms with Crippen molar-refractivity contribution in [3.8, 4) is 5.75 Å². The molecule has 0 saturated carbocycles. The zero-order valence-corrected chi connectivity index (χ0v) is 21.4. The summed E-state index contributed by atoms with van der Waals surface area (Å²) in [7, 11) is 1.32. The molecule has 0 spiro atoms. The molecule has 0 radical (unpaired) electrons. The zero-order valence-electron chi connectivity index (χ0n) is 21.4. The minimum Gasteiger partial charge on any atom is -0.489 e. The highest BCUT2D eigenvalue weighted by atomic mass is 16.6. The first-order chi connectivity index (χ1) is 16.4. The van der Waals surface area contributed by atoms with Gasteiger partial charge in [-0.05, 0) is 64.3 Å². The van der Waals surface area contributed by atoms with Crippen LogP contribution < -0.4 is 15.4 Å². The molecule has 0 aromatic heterocycles. The first kappa shape index (κ1) is 26.2. The number of aryl methyl sites for hydroxylation is 1. The minimum absolute atomic E-state index is 0.199. The Labute approximate surface area is 206 Å². The van der Waals surface area contributed by atoms with Crippen LogP contribution in [0.5, 0.6) is 5.75 Å². The number of rotatable bonds is 6. The lowest BCUT2D eigenvalue weighted by atomic mass is 9.90. The number of hydrogen-bond acceptors (Lipinski definition) is 7. The maximum atomic E-state index is 13.1. The van der Waals surface area contributed by atoms with Crippen LogP contribution in [-0.4, -0.2) is 36.7 Å². The lowest BCUT2D eigenvalue weighted by molar-refractivity contribution is -0.142. The van der Waals surface area contributed by atoms with Gasteiger partial charge in [0.2, 0.25) is 0 Å². The van der Waals surface area contributed by atoms with E-state index in [1.54, 1.807) is 39.8 Å². The first-order valence-corrected chi connectivity index (χ1v) is 11.6. The second-order valence-electron chi connectivity index (χ2n) is 9.84. The van der Waals surface area contributed by atoms with E-state index in [9.17, 15) is 14.4 Å². The van der Waals surface area contributed by atoms with E-state index >= 15 is 0 Å². The number of carbonyl (C=O) groups is 3. The fraction of sp³-hybridized carbons (Fsp3) is 0.444. The Morgan fingerprint density at radius 3 is 2.37 bits per heavy atom. The van der Waals surface area contributed by atoms with Crippen molar-refractivity contribution in [2.24, 2.45) is 5.73 Å². The van der Waals surface area contributed by atoms with Crippen LogP contribution in [0.15, 0.2) is 36.4 Å². The van der Waals surface area contributed by atoms with E-state index in [4.69, 9.17) is 19.9 Å². The average Bonchev–Trinajstić information content (AvgIpc) is 3.06. The van der Waals surface area contributed by atoms with E-state index in [0.717, 1.165) is 11.1 Å². The number of Topliss-reactive ketones (excluding diaryl/α,β-unsaturated/α-hetero) is 1. The number of amides is 1. The standard InChI is InChI=1S/C27H34N2O6/c1-15-10-8-9-11-18(15)14-34-22-13-21-20(12-19(22)16(2)25(31)33-7)23(17(3)30)24(28)29(21)26(32)35-27(4,5)6/h8-13,16,23-24H,14,28H2,1-7H3/t16?,23-,24?/m0/s1. The lowest BCUT2D eigenvalue weighted by Gasteiger charge is -2.28. The highest BCUT2D eigenvalue weighted by Crippen LogP contribution is 2.45. The maximum absolute atomic E-state index is 13.1. The van der Waals surface area contributed by atoms with Crippen LogP contribution in [0, 0.1) is 6.92 Å². The van der Waals surface area contributed by atoms with Crippen molar-refractivity contribution in [1.82, 2.24) is 0 Å². The summed E-state index contributed by atoms with van der Waals surface area (Å²) >= 11 is 0. The minimum atomic E-state index is -0.953. The molecule has 1 heterocycles. The van der Waals surface area contributed by atoms with Gasteiger partial charge in [-0.2, -0.15) is 0 Å². The Morgan fingerprint density at radius 2 is 1.80 bits per heavy atom. The molecule has 2 unspecified atom stereocenters. The van der Waals surface area contributed by atoms with Crippen molar-refractivity contribution in [1.29, 1.82) is 0 Å². The topological polar surface area (TPSA) is 108 Å². The van der Waals surface area contributed by atoms with Gasteiger partial charge >= 0.3 is 12.1 Å². The maximum Gasteiger partial charge on any atom is 0.416 e. The Bertz CT molecular complexity index is 1140. The van der Waals surface area contributed by atoms with E-state index in [1.807, 2.05) is 31.2 Å². The van der Waals surface area contributed by atoms with Gasteiger partial charge in [0, 0.05) is 11.6 Å². The molecule has 8 nitrogen and oxygen atoms in total. The number of anilines is 1. The number of nitrogens with two attached hydrogens (primary N) is 1. The Morgan fingerprint density at radius 1 is 1.14 bits per heavy atom. The number of esters is 1. The molecule has 0 saturated heterocycles. The summed E-state index contributed by atoms with van der Waals surface area (Å²) in [6, 6.07) is 11.2. The predicted molar refractivity (Wildman–Crippen MR) is 132 cm³/mol. The molecular weight excluding hydrogens is 448 g/mol. The number of ketones is 1. The average molecular weight is 483 g/mol. The fourth-order valence-corrected chi connectivity index (χ4v) is 4.24. The molecule has 3 atom stereocenters. The number of carbonyl (C=O) groups excluding carboxylic acids is 3. The summed E-state index contributed by atoms with van der Waals surface area (Å²) in [6.07, 6.45) is -1.61. The van der Waals surface area contributed by atoms with Crippen molar-refractivity contribution >= 4 is 23.5 Å². The van der Waals surface area contributed by atoms with Crippen LogP contribution in [0.2, 0.25) is 0 Å². The van der Waals surface area contributed by atoms with Gasteiger partial charge in [0.15, 0.2) is 0 Å².